The molecule has 1 N–H and O–H groups in total. The van der Waals surface area contributed by atoms with Gasteiger partial charge >= 0.3 is 6.01 Å². The fourth-order valence-electron chi connectivity index (χ4n) is 1.15. The third kappa shape index (κ3) is 2.95. The van der Waals surface area contributed by atoms with Gasteiger partial charge in [-0.25, -0.2) is 0 Å². The van der Waals surface area contributed by atoms with E-state index < -0.39 is 0 Å². The highest BCUT2D eigenvalue weighted by Gasteiger charge is 2.11. The first-order chi connectivity index (χ1) is 8.06. The van der Waals surface area contributed by atoms with Gasteiger partial charge in [0.2, 0.25) is 5.89 Å². The summed E-state index contributed by atoms with van der Waals surface area (Å²) in [6.07, 6.45) is 0. The second-order valence-corrected chi connectivity index (χ2v) is 4.78. The highest BCUT2D eigenvalue weighted by atomic mass is 127. The lowest BCUT2D eigenvalue weighted by Gasteiger charge is -2.02. The van der Waals surface area contributed by atoms with E-state index in [0.29, 0.717) is 16.5 Å². The molecule has 0 aliphatic carbocycles. The molecule has 0 bridgehead atoms. The first-order valence-corrected chi connectivity index (χ1v) is 6.08. The van der Waals surface area contributed by atoms with Crippen LogP contribution in [0.25, 0.3) is 0 Å². The Labute approximate surface area is 116 Å². The smallest absolute Gasteiger partial charge is 0.322 e. The molecule has 88 valence electrons. The second kappa shape index (κ2) is 5.01. The third-order valence-corrected chi connectivity index (χ3v) is 3.50. The molecule has 0 spiro atoms. The van der Waals surface area contributed by atoms with Crippen LogP contribution in [-0.4, -0.2) is 16.1 Å². The lowest BCUT2D eigenvalue weighted by molar-refractivity contribution is 0.102. The van der Waals surface area contributed by atoms with E-state index >= 15 is 0 Å². The number of nitrogens with one attached hydrogen (secondary N) is 1. The molecule has 0 saturated carbocycles. The number of amides is 1. The largest absolute Gasteiger partial charge is 0.408 e. The number of hydrogen-bond acceptors (Lipinski definition) is 4. The Kier molecular flexibility index (Phi) is 3.63. The van der Waals surface area contributed by atoms with Gasteiger partial charge in [0.15, 0.2) is 0 Å². The Balaban J connectivity index is 2.17. The number of nitrogens with zero attached hydrogens (tertiary/aromatic N) is 2. The van der Waals surface area contributed by atoms with Crippen LogP contribution in [0.5, 0.6) is 0 Å². The van der Waals surface area contributed by atoms with Crippen LogP contribution in [0, 0.1) is 10.5 Å². The molecule has 7 heteroatoms. The van der Waals surface area contributed by atoms with Crippen LogP contribution in [0.4, 0.5) is 6.01 Å². The van der Waals surface area contributed by atoms with Gasteiger partial charge in [0.05, 0.1) is 5.02 Å². The molecule has 0 radical (unpaired) electrons. The number of carbonyl (C=O) groups is 1. The van der Waals surface area contributed by atoms with Crippen LogP contribution in [0.2, 0.25) is 5.02 Å². The molecule has 2 aromatic rings. The topological polar surface area (TPSA) is 68.0 Å². The highest BCUT2D eigenvalue weighted by molar-refractivity contribution is 14.1. The highest BCUT2D eigenvalue weighted by Crippen LogP contribution is 2.20. The summed E-state index contributed by atoms with van der Waals surface area (Å²) in [6, 6.07) is 5.09. The fourth-order valence-corrected chi connectivity index (χ4v) is 1.67. The van der Waals surface area contributed by atoms with E-state index in [1.54, 1.807) is 25.1 Å². The van der Waals surface area contributed by atoms with Crippen molar-refractivity contribution in [2.45, 2.75) is 6.92 Å². The summed E-state index contributed by atoms with van der Waals surface area (Å²) >= 11 is 8.01. The molecule has 1 heterocycles. The Morgan fingerprint density at radius 3 is 2.82 bits per heavy atom. The molecule has 1 amide bonds. The molecular formula is C10H7ClIN3O2. The number of benzene rings is 1. The van der Waals surface area contributed by atoms with Gasteiger partial charge in [-0.2, -0.15) is 0 Å². The van der Waals surface area contributed by atoms with Crippen molar-refractivity contribution in [3.05, 3.63) is 38.2 Å². The SMILES string of the molecule is Cc1nnc(NC(=O)c2ccc(I)c(Cl)c2)o1. The maximum Gasteiger partial charge on any atom is 0.322 e. The van der Waals surface area contributed by atoms with E-state index in [9.17, 15) is 4.79 Å². The molecule has 0 aliphatic heterocycles. The van der Waals surface area contributed by atoms with Gasteiger partial charge in [0.1, 0.15) is 0 Å². The molecule has 0 aliphatic rings. The monoisotopic (exact) mass is 363 g/mol. The summed E-state index contributed by atoms with van der Waals surface area (Å²) < 4.78 is 5.92. The maximum atomic E-state index is 11.8. The van der Waals surface area contributed by atoms with Crippen molar-refractivity contribution >= 4 is 46.1 Å². The molecule has 1 aromatic heterocycles. The lowest BCUT2D eigenvalue weighted by Crippen LogP contribution is -2.12. The predicted molar refractivity (Wildman–Crippen MR) is 71.2 cm³/mol. The van der Waals surface area contributed by atoms with Crippen molar-refractivity contribution in [3.63, 3.8) is 0 Å². The van der Waals surface area contributed by atoms with Crippen LogP contribution in [-0.2, 0) is 0 Å². The van der Waals surface area contributed by atoms with E-state index in [1.807, 2.05) is 0 Å². The van der Waals surface area contributed by atoms with Crippen LogP contribution >= 0.6 is 34.2 Å². The fraction of sp³-hybridized carbons (Fsp3) is 0.100. The lowest BCUT2D eigenvalue weighted by atomic mass is 10.2. The normalized spacial score (nSPS) is 10.3. The number of anilines is 1. The van der Waals surface area contributed by atoms with Crippen molar-refractivity contribution in [1.29, 1.82) is 0 Å². The number of carbonyl (C=O) groups excluding carboxylic acids is 1. The van der Waals surface area contributed by atoms with Crippen LogP contribution in [0.1, 0.15) is 16.2 Å². The summed E-state index contributed by atoms with van der Waals surface area (Å²) in [4.78, 5) is 11.8. The summed E-state index contributed by atoms with van der Waals surface area (Å²) in [5.74, 6) is 0.0490. The maximum absolute atomic E-state index is 11.8. The van der Waals surface area contributed by atoms with Crippen LogP contribution in [0.3, 0.4) is 0 Å². The van der Waals surface area contributed by atoms with E-state index in [2.05, 4.69) is 38.1 Å². The quantitative estimate of drug-likeness (QED) is 0.833. The Morgan fingerprint density at radius 2 is 2.24 bits per heavy atom. The number of halogens is 2. The number of aromatic nitrogens is 2. The van der Waals surface area contributed by atoms with Gasteiger partial charge in [0, 0.05) is 16.1 Å². The molecule has 0 atom stereocenters. The summed E-state index contributed by atoms with van der Waals surface area (Å²) in [7, 11) is 0. The molecule has 0 unspecified atom stereocenters. The molecule has 2 rings (SSSR count). The summed E-state index contributed by atoms with van der Waals surface area (Å²) in [6.45, 7) is 1.64. The van der Waals surface area contributed by atoms with E-state index in [4.69, 9.17) is 16.0 Å². The molecule has 5 nitrogen and oxygen atoms in total. The molecule has 0 saturated heterocycles. The number of aryl methyl sites for hydroxylation is 1. The third-order valence-electron chi connectivity index (χ3n) is 1.93. The van der Waals surface area contributed by atoms with E-state index in [1.165, 1.54) is 0 Å². The Morgan fingerprint density at radius 1 is 1.47 bits per heavy atom. The molecule has 0 fully saturated rings. The second-order valence-electron chi connectivity index (χ2n) is 3.21. The number of rotatable bonds is 2. The van der Waals surface area contributed by atoms with Gasteiger partial charge in [0.25, 0.3) is 5.91 Å². The molecule has 1 aromatic carbocycles. The summed E-state index contributed by atoms with van der Waals surface area (Å²) in [5.41, 5.74) is 0.436. The first-order valence-electron chi connectivity index (χ1n) is 4.63. The van der Waals surface area contributed by atoms with Gasteiger partial charge in [-0.15, -0.1) is 5.10 Å². The Hall–Kier alpha value is -1.15. The van der Waals surface area contributed by atoms with Crippen LogP contribution < -0.4 is 5.32 Å². The molecule has 17 heavy (non-hydrogen) atoms. The van der Waals surface area contributed by atoms with Gasteiger partial charge < -0.3 is 4.42 Å². The zero-order valence-corrected chi connectivity index (χ0v) is 11.6. The van der Waals surface area contributed by atoms with Crippen molar-refractivity contribution in [1.82, 2.24) is 10.2 Å². The number of hydrogen-bond donors (Lipinski definition) is 1. The van der Waals surface area contributed by atoms with Crippen molar-refractivity contribution in [3.8, 4) is 0 Å². The average Bonchev–Trinajstić information content (AvgIpc) is 2.68. The van der Waals surface area contributed by atoms with Gasteiger partial charge in [-0.3, -0.25) is 10.1 Å². The van der Waals surface area contributed by atoms with Crippen molar-refractivity contribution in [2.75, 3.05) is 5.32 Å². The minimum atomic E-state index is -0.341. The van der Waals surface area contributed by atoms with Gasteiger partial charge in [-0.05, 0) is 40.8 Å². The molecular weight excluding hydrogens is 356 g/mol. The Bertz CT molecular complexity index is 570. The van der Waals surface area contributed by atoms with Crippen molar-refractivity contribution in [2.24, 2.45) is 0 Å². The van der Waals surface area contributed by atoms with Crippen molar-refractivity contribution < 1.29 is 9.21 Å². The zero-order chi connectivity index (χ0) is 12.4. The predicted octanol–water partition coefficient (Wildman–Crippen LogP) is 2.89. The minimum Gasteiger partial charge on any atom is -0.408 e. The first kappa shape index (κ1) is 12.3. The average molecular weight is 364 g/mol. The zero-order valence-electron chi connectivity index (χ0n) is 8.70. The summed E-state index contributed by atoms with van der Waals surface area (Å²) in [5, 5.41) is 10.3. The standard InChI is InChI=1S/C10H7ClIN3O2/c1-5-14-15-10(17-5)13-9(16)6-2-3-8(12)7(11)4-6/h2-4H,1H3,(H,13,15,16). The van der Waals surface area contributed by atoms with Gasteiger partial charge in [-0.1, -0.05) is 16.7 Å². The van der Waals surface area contributed by atoms with E-state index in [0.717, 1.165) is 3.57 Å². The van der Waals surface area contributed by atoms with E-state index in [-0.39, 0.29) is 11.9 Å². The van der Waals surface area contributed by atoms with Crippen LogP contribution in [0.15, 0.2) is 22.6 Å². The minimum absolute atomic E-state index is 0.0715.